The van der Waals surface area contributed by atoms with E-state index in [2.05, 4.69) is 154 Å². The molecule has 0 aliphatic heterocycles. The zero-order chi connectivity index (χ0) is 57.1. The number of hydrogen-bond donors (Lipinski definition) is 0. The molecule has 0 saturated carbocycles. The molecule has 6 heteroatoms. The van der Waals surface area contributed by atoms with Gasteiger partial charge in [-0.1, -0.05) is 276 Å². The van der Waals surface area contributed by atoms with Crippen LogP contribution in [-0.4, -0.2) is 37.2 Å². The van der Waals surface area contributed by atoms with Crippen LogP contribution in [0, 0.1) is 0 Å². The summed E-state index contributed by atoms with van der Waals surface area (Å²) < 4.78 is 16.9. The summed E-state index contributed by atoms with van der Waals surface area (Å²) in [7, 11) is 0. The molecule has 0 aromatic rings. The summed E-state index contributed by atoms with van der Waals surface area (Å²) in [6.45, 7) is 6.28. The lowest BCUT2D eigenvalue weighted by molar-refractivity contribution is -0.167. The molecule has 79 heavy (non-hydrogen) atoms. The van der Waals surface area contributed by atoms with Crippen LogP contribution in [0.4, 0.5) is 0 Å². The molecular formula is C73H120O6. The number of carbonyl (C=O) groups is 3. The second kappa shape index (κ2) is 66.1. The SMILES string of the molecule is CC/C=C\C/C=C\C/C=C\C/C=C\CCCCCCCCCCCCCCCCCCC(=O)OCC(COC(=O)CCCCCCC/C=C\C/C=C\C/C=C\CC)OC(=O)CCCCCC/C=C\C/C=C\C/C=C\C/C=C\CC. The zero-order valence-electron chi connectivity index (χ0n) is 51.3. The fraction of sp³-hybridized carbons (Fsp3) is 0.658. The van der Waals surface area contributed by atoms with Crippen LogP contribution in [0.15, 0.2) is 134 Å². The minimum Gasteiger partial charge on any atom is -0.462 e. The molecule has 0 radical (unpaired) electrons. The second-order valence-electron chi connectivity index (χ2n) is 21.2. The van der Waals surface area contributed by atoms with E-state index in [1.807, 2.05) is 0 Å². The molecule has 0 amide bonds. The predicted octanol–water partition coefficient (Wildman–Crippen LogP) is 22.5. The Morgan fingerprint density at radius 1 is 0.253 bits per heavy atom. The van der Waals surface area contributed by atoms with Crippen LogP contribution < -0.4 is 0 Å². The fourth-order valence-corrected chi connectivity index (χ4v) is 8.85. The molecular weight excluding hydrogens is 973 g/mol. The molecule has 0 heterocycles. The van der Waals surface area contributed by atoms with Gasteiger partial charge in [0.1, 0.15) is 13.2 Å². The summed E-state index contributed by atoms with van der Waals surface area (Å²) in [6, 6.07) is 0. The van der Waals surface area contributed by atoms with Crippen molar-refractivity contribution in [2.45, 2.75) is 297 Å². The topological polar surface area (TPSA) is 78.9 Å². The van der Waals surface area contributed by atoms with Crippen LogP contribution in [0.1, 0.15) is 290 Å². The first-order chi connectivity index (χ1) is 39.0. The third kappa shape index (κ3) is 64.3. The maximum Gasteiger partial charge on any atom is 0.306 e. The van der Waals surface area contributed by atoms with Gasteiger partial charge in [-0.25, -0.2) is 0 Å². The Balaban J connectivity index is 4.31. The van der Waals surface area contributed by atoms with Crippen molar-refractivity contribution in [3.05, 3.63) is 134 Å². The summed E-state index contributed by atoms with van der Waals surface area (Å²) in [5.41, 5.74) is 0. The molecule has 0 aliphatic carbocycles. The average molecular weight is 1090 g/mol. The minimum atomic E-state index is -0.803. The molecule has 0 aliphatic rings. The van der Waals surface area contributed by atoms with Gasteiger partial charge in [0.15, 0.2) is 6.10 Å². The molecule has 1 unspecified atom stereocenters. The van der Waals surface area contributed by atoms with Crippen LogP contribution in [0.2, 0.25) is 0 Å². The molecule has 0 spiro atoms. The smallest absolute Gasteiger partial charge is 0.306 e. The molecule has 1 atom stereocenters. The predicted molar refractivity (Wildman–Crippen MR) is 343 cm³/mol. The maximum atomic E-state index is 12.9. The molecule has 0 fully saturated rings. The third-order valence-electron chi connectivity index (χ3n) is 13.6. The van der Waals surface area contributed by atoms with Crippen LogP contribution in [0.5, 0.6) is 0 Å². The van der Waals surface area contributed by atoms with Gasteiger partial charge in [-0.15, -0.1) is 0 Å². The standard InChI is InChI=1S/C73H120O6/c1-4-7-10-13-16-19-22-25-28-30-31-32-33-34-35-36-37-38-39-40-41-43-45-48-51-54-57-60-63-66-72(75)78-69-70(68-77-71(74)65-62-59-56-53-50-47-44-27-24-21-18-15-12-9-6-3)79-73(76)67-64-61-58-55-52-49-46-42-29-26-23-20-17-14-11-8-5-2/h7-12,16-21,25-29,31-32,44,46,49,70H,4-6,13-15,22-24,30,33-43,45,47-48,50-69H2,1-3H3/b10-7-,11-8-,12-9-,19-16-,20-17-,21-18-,28-25-,29-26-,32-31-,44-27-,49-46-. The van der Waals surface area contributed by atoms with E-state index < -0.39 is 6.10 Å². The maximum absolute atomic E-state index is 12.9. The van der Waals surface area contributed by atoms with Gasteiger partial charge in [0, 0.05) is 19.3 Å². The highest BCUT2D eigenvalue weighted by molar-refractivity contribution is 5.71. The number of allylic oxidation sites excluding steroid dienone is 22. The van der Waals surface area contributed by atoms with Gasteiger partial charge in [-0.2, -0.15) is 0 Å². The molecule has 0 bridgehead atoms. The number of hydrogen-bond acceptors (Lipinski definition) is 6. The Morgan fingerprint density at radius 3 is 0.709 bits per heavy atom. The van der Waals surface area contributed by atoms with Gasteiger partial charge < -0.3 is 14.2 Å². The Hall–Kier alpha value is -4.45. The first-order valence-corrected chi connectivity index (χ1v) is 32.7. The van der Waals surface area contributed by atoms with Crippen LogP contribution in [-0.2, 0) is 28.6 Å². The first-order valence-electron chi connectivity index (χ1n) is 32.7. The molecule has 6 nitrogen and oxygen atoms in total. The van der Waals surface area contributed by atoms with Gasteiger partial charge in [-0.3, -0.25) is 14.4 Å². The van der Waals surface area contributed by atoms with E-state index in [4.69, 9.17) is 14.2 Å². The van der Waals surface area contributed by atoms with Crippen molar-refractivity contribution < 1.29 is 28.6 Å². The van der Waals surface area contributed by atoms with Crippen LogP contribution >= 0.6 is 0 Å². The van der Waals surface area contributed by atoms with Crippen LogP contribution in [0.25, 0.3) is 0 Å². The third-order valence-corrected chi connectivity index (χ3v) is 13.6. The summed E-state index contributed by atoms with van der Waals surface area (Å²) in [5, 5.41) is 0. The van der Waals surface area contributed by atoms with Crippen molar-refractivity contribution in [2.75, 3.05) is 13.2 Å². The lowest BCUT2D eigenvalue weighted by Gasteiger charge is -2.18. The quantitative estimate of drug-likeness (QED) is 0.0261. The van der Waals surface area contributed by atoms with Gasteiger partial charge in [-0.05, 0) is 128 Å². The summed E-state index contributed by atoms with van der Waals surface area (Å²) >= 11 is 0. The largest absolute Gasteiger partial charge is 0.462 e. The van der Waals surface area contributed by atoms with Crippen molar-refractivity contribution >= 4 is 17.9 Å². The second-order valence-corrected chi connectivity index (χ2v) is 21.2. The van der Waals surface area contributed by atoms with Gasteiger partial charge >= 0.3 is 17.9 Å². The van der Waals surface area contributed by atoms with E-state index >= 15 is 0 Å². The van der Waals surface area contributed by atoms with E-state index in [1.54, 1.807) is 0 Å². The monoisotopic (exact) mass is 1090 g/mol. The summed E-state index contributed by atoms with van der Waals surface area (Å²) in [4.78, 5) is 38.3. The van der Waals surface area contributed by atoms with Crippen LogP contribution in [0.3, 0.4) is 0 Å². The first kappa shape index (κ1) is 74.5. The zero-order valence-corrected chi connectivity index (χ0v) is 51.3. The van der Waals surface area contributed by atoms with E-state index in [9.17, 15) is 14.4 Å². The number of esters is 3. The number of rotatable bonds is 58. The normalized spacial score (nSPS) is 13.0. The Bertz CT molecular complexity index is 1680. The fourth-order valence-electron chi connectivity index (χ4n) is 8.85. The summed E-state index contributed by atoms with van der Waals surface area (Å²) in [6.07, 6.45) is 93.2. The van der Waals surface area contributed by atoms with Gasteiger partial charge in [0.2, 0.25) is 0 Å². The van der Waals surface area contributed by atoms with Crippen molar-refractivity contribution in [3.8, 4) is 0 Å². The minimum absolute atomic E-state index is 0.0957. The molecule has 0 aromatic carbocycles. The molecule has 0 aromatic heterocycles. The highest BCUT2D eigenvalue weighted by Crippen LogP contribution is 2.16. The average Bonchev–Trinajstić information content (AvgIpc) is 3.45. The Morgan fingerprint density at radius 2 is 0.456 bits per heavy atom. The molecule has 0 saturated heterocycles. The number of ether oxygens (including phenoxy) is 3. The summed E-state index contributed by atoms with van der Waals surface area (Å²) in [5.74, 6) is -0.933. The number of carbonyl (C=O) groups excluding carboxylic acids is 3. The molecule has 0 N–H and O–H groups in total. The molecule has 0 rings (SSSR count). The Kier molecular flexibility index (Phi) is 62.3. The van der Waals surface area contributed by atoms with Gasteiger partial charge in [0.25, 0.3) is 0 Å². The Labute approximate surface area is 487 Å². The van der Waals surface area contributed by atoms with Crippen molar-refractivity contribution in [1.82, 2.24) is 0 Å². The number of unbranched alkanes of at least 4 members (excludes halogenated alkanes) is 25. The highest BCUT2D eigenvalue weighted by atomic mass is 16.6. The molecule has 448 valence electrons. The lowest BCUT2D eigenvalue weighted by Crippen LogP contribution is -2.30. The van der Waals surface area contributed by atoms with Gasteiger partial charge in [0.05, 0.1) is 0 Å². The van der Waals surface area contributed by atoms with E-state index in [1.165, 1.54) is 89.9 Å². The van der Waals surface area contributed by atoms with Crippen molar-refractivity contribution in [3.63, 3.8) is 0 Å². The van der Waals surface area contributed by atoms with E-state index in [0.29, 0.717) is 19.3 Å². The van der Waals surface area contributed by atoms with Crippen molar-refractivity contribution in [1.29, 1.82) is 0 Å². The lowest BCUT2D eigenvalue weighted by atomic mass is 10.0. The highest BCUT2D eigenvalue weighted by Gasteiger charge is 2.19. The van der Waals surface area contributed by atoms with E-state index in [-0.39, 0.29) is 31.1 Å². The van der Waals surface area contributed by atoms with Crippen molar-refractivity contribution in [2.24, 2.45) is 0 Å². The van der Waals surface area contributed by atoms with E-state index in [0.717, 1.165) is 161 Å².